The number of carbonyl (C=O) groups is 2. The van der Waals surface area contributed by atoms with Crippen LogP contribution in [0.1, 0.15) is 25.6 Å². The average molecular weight is 275 g/mol. The number of hydrogen-bond donors (Lipinski definition) is 1. The van der Waals surface area contributed by atoms with E-state index in [2.05, 4.69) is 0 Å². The monoisotopic (exact) mass is 275 g/mol. The van der Waals surface area contributed by atoms with Crippen molar-refractivity contribution in [2.75, 3.05) is 11.9 Å². The number of amides is 1. The highest BCUT2D eigenvalue weighted by molar-refractivity contribution is 7.12. The number of anilines is 1. The zero-order chi connectivity index (χ0) is 14.0. The Morgan fingerprint density at radius 1 is 1.21 bits per heavy atom. The number of aryl methyl sites for hydroxylation is 1. The van der Waals surface area contributed by atoms with E-state index in [1.807, 2.05) is 18.4 Å². The molecule has 1 aromatic heterocycles. The van der Waals surface area contributed by atoms with Crippen molar-refractivity contribution in [3.63, 3.8) is 0 Å². The van der Waals surface area contributed by atoms with E-state index in [1.54, 1.807) is 25.2 Å². The third-order valence-electron chi connectivity index (χ3n) is 2.86. The molecule has 0 aliphatic carbocycles. The summed E-state index contributed by atoms with van der Waals surface area (Å²) in [5.41, 5.74) is 1.41. The van der Waals surface area contributed by atoms with Crippen LogP contribution in [0.3, 0.4) is 0 Å². The van der Waals surface area contributed by atoms with Gasteiger partial charge in [0.05, 0.1) is 16.1 Å². The van der Waals surface area contributed by atoms with Gasteiger partial charge in [0.25, 0.3) is 5.91 Å². The Kier molecular flexibility index (Phi) is 3.66. The van der Waals surface area contributed by atoms with Crippen LogP contribution in [0.2, 0.25) is 0 Å². The molecular weight excluding hydrogens is 262 g/mol. The van der Waals surface area contributed by atoms with Crippen molar-refractivity contribution in [1.82, 2.24) is 0 Å². The first-order valence-electron chi connectivity index (χ1n) is 5.67. The first-order valence-corrected chi connectivity index (χ1v) is 6.55. The van der Waals surface area contributed by atoms with E-state index in [-0.39, 0.29) is 11.5 Å². The van der Waals surface area contributed by atoms with E-state index >= 15 is 0 Å². The second-order valence-electron chi connectivity index (χ2n) is 4.12. The zero-order valence-electron chi connectivity index (χ0n) is 10.6. The number of carboxylic acid groups (broad SMARTS) is 1. The minimum atomic E-state index is -1.04. The van der Waals surface area contributed by atoms with E-state index in [9.17, 15) is 9.59 Å². The lowest BCUT2D eigenvalue weighted by atomic mass is 10.1. The molecule has 1 aromatic carbocycles. The Balaban J connectivity index is 2.40. The third-order valence-corrected chi connectivity index (χ3v) is 3.86. The van der Waals surface area contributed by atoms with Gasteiger partial charge in [0, 0.05) is 7.05 Å². The summed E-state index contributed by atoms with van der Waals surface area (Å²) in [4.78, 5) is 25.5. The summed E-state index contributed by atoms with van der Waals surface area (Å²) < 4.78 is 0. The molecule has 4 nitrogen and oxygen atoms in total. The average Bonchev–Trinajstić information content (AvgIpc) is 2.83. The molecule has 0 aliphatic heterocycles. The molecule has 5 heteroatoms. The number of carbonyl (C=O) groups excluding carboxylic acids is 1. The maximum Gasteiger partial charge on any atom is 0.337 e. The van der Waals surface area contributed by atoms with Gasteiger partial charge in [-0.15, -0.1) is 11.3 Å². The predicted molar refractivity (Wildman–Crippen MR) is 75.2 cm³/mol. The molecule has 98 valence electrons. The highest BCUT2D eigenvalue weighted by Gasteiger charge is 2.20. The van der Waals surface area contributed by atoms with Gasteiger partial charge in [0.15, 0.2) is 0 Å². The maximum absolute atomic E-state index is 12.3. The normalized spacial score (nSPS) is 10.2. The number of para-hydroxylation sites is 1. The molecule has 2 aromatic rings. The molecule has 19 heavy (non-hydrogen) atoms. The topological polar surface area (TPSA) is 57.6 Å². The lowest BCUT2D eigenvalue weighted by Gasteiger charge is -2.19. The van der Waals surface area contributed by atoms with Crippen LogP contribution in [0.5, 0.6) is 0 Å². The molecule has 0 atom stereocenters. The fourth-order valence-electron chi connectivity index (χ4n) is 1.80. The number of aromatic carboxylic acids is 1. The van der Waals surface area contributed by atoms with Gasteiger partial charge in [0.2, 0.25) is 0 Å². The van der Waals surface area contributed by atoms with Crippen molar-refractivity contribution in [1.29, 1.82) is 0 Å². The molecule has 0 unspecified atom stereocenters. The van der Waals surface area contributed by atoms with Gasteiger partial charge in [0.1, 0.15) is 0 Å². The van der Waals surface area contributed by atoms with Crippen LogP contribution in [0.15, 0.2) is 35.7 Å². The molecular formula is C14H13NO3S. The molecule has 2 rings (SSSR count). The fraction of sp³-hybridized carbons (Fsp3) is 0.143. The molecule has 0 radical (unpaired) electrons. The summed E-state index contributed by atoms with van der Waals surface area (Å²) >= 11 is 1.36. The first kappa shape index (κ1) is 13.3. The summed E-state index contributed by atoms with van der Waals surface area (Å²) in [5.74, 6) is -1.24. The van der Waals surface area contributed by atoms with Gasteiger partial charge >= 0.3 is 5.97 Å². The van der Waals surface area contributed by atoms with Gasteiger partial charge in [-0.25, -0.2) is 4.79 Å². The maximum atomic E-state index is 12.3. The second kappa shape index (κ2) is 5.24. The van der Waals surface area contributed by atoms with E-state index in [4.69, 9.17) is 5.11 Å². The van der Waals surface area contributed by atoms with Gasteiger partial charge in [-0.3, -0.25) is 4.79 Å². The SMILES string of the molecule is Cc1ccsc1C(=O)N(C)c1ccccc1C(=O)O. The van der Waals surface area contributed by atoms with E-state index in [0.717, 1.165) is 5.56 Å². The molecule has 1 heterocycles. The van der Waals surface area contributed by atoms with Gasteiger partial charge in [-0.1, -0.05) is 12.1 Å². The zero-order valence-corrected chi connectivity index (χ0v) is 11.4. The minimum Gasteiger partial charge on any atom is -0.478 e. The second-order valence-corrected chi connectivity index (χ2v) is 5.04. The Morgan fingerprint density at radius 3 is 2.47 bits per heavy atom. The summed E-state index contributed by atoms with van der Waals surface area (Å²) in [6, 6.07) is 8.34. The lowest BCUT2D eigenvalue weighted by Crippen LogP contribution is -2.27. The standard InChI is InChI=1S/C14H13NO3S/c1-9-7-8-19-12(9)13(16)15(2)11-6-4-3-5-10(11)14(17)18/h3-8H,1-2H3,(H,17,18). The van der Waals surface area contributed by atoms with Crippen LogP contribution >= 0.6 is 11.3 Å². The minimum absolute atomic E-state index is 0.118. The van der Waals surface area contributed by atoms with E-state index in [0.29, 0.717) is 10.6 Å². The molecule has 0 saturated carbocycles. The van der Waals surface area contributed by atoms with Gasteiger partial charge in [-0.05, 0) is 36.1 Å². The molecule has 0 bridgehead atoms. The van der Waals surface area contributed by atoms with Crippen LogP contribution in [-0.2, 0) is 0 Å². The highest BCUT2D eigenvalue weighted by Crippen LogP contribution is 2.24. The van der Waals surface area contributed by atoms with Crippen LogP contribution in [-0.4, -0.2) is 24.0 Å². The van der Waals surface area contributed by atoms with Crippen molar-refractivity contribution < 1.29 is 14.7 Å². The third kappa shape index (κ3) is 2.51. The predicted octanol–water partition coefficient (Wildman–Crippen LogP) is 3.03. The lowest BCUT2D eigenvalue weighted by molar-refractivity contribution is 0.0697. The summed E-state index contributed by atoms with van der Waals surface area (Å²) in [6.45, 7) is 1.86. The quantitative estimate of drug-likeness (QED) is 0.936. The number of thiophene rings is 1. The Labute approximate surface area is 114 Å². The number of benzene rings is 1. The van der Waals surface area contributed by atoms with Crippen LogP contribution in [0, 0.1) is 6.92 Å². The van der Waals surface area contributed by atoms with Gasteiger partial charge in [-0.2, -0.15) is 0 Å². The van der Waals surface area contributed by atoms with E-state index < -0.39 is 5.97 Å². The number of nitrogens with zero attached hydrogens (tertiary/aromatic N) is 1. The molecule has 0 fully saturated rings. The van der Waals surface area contributed by atoms with Crippen molar-refractivity contribution >= 4 is 28.9 Å². The summed E-state index contributed by atoms with van der Waals surface area (Å²) in [6.07, 6.45) is 0. The summed E-state index contributed by atoms with van der Waals surface area (Å²) in [5, 5.41) is 11.0. The van der Waals surface area contributed by atoms with E-state index in [1.165, 1.54) is 22.3 Å². The number of hydrogen-bond acceptors (Lipinski definition) is 3. The fourth-order valence-corrected chi connectivity index (χ4v) is 2.70. The van der Waals surface area contributed by atoms with Crippen molar-refractivity contribution in [3.05, 3.63) is 51.7 Å². The number of carboxylic acids is 1. The molecule has 1 amide bonds. The molecule has 0 spiro atoms. The van der Waals surface area contributed by atoms with Crippen LogP contribution in [0.25, 0.3) is 0 Å². The first-order chi connectivity index (χ1) is 9.02. The Hall–Kier alpha value is -2.14. The largest absolute Gasteiger partial charge is 0.478 e. The number of rotatable bonds is 3. The smallest absolute Gasteiger partial charge is 0.337 e. The Bertz CT molecular complexity index is 633. The Morgan fingerprint density at radius 2 is 1.89 bits per heavy atom. The summed E-state index contributed by atoms with van der Waals surface area (Å²) in [7, 11) is 1.59. The molecule has 0 saturated heterocycles. The molecule has 0 aliphatic rings. The molecule has 1 N–H and O–H groups in total. The van der Waals surface area contributed by atoms with Crippen molar-refractivity contribution in [2.45, 2.75) is 6.92 Å². The van der Waals surface area contributed by atoms with Crippen molar-refractivity contribution in [3.8, 4) is 0 Å². The van der Waals surface area contributed by atoms with Gasteiger partial charge < -0.3 is 10.0 Å². The van der Waals surface area contributed by atoms with Crippen molar-refractivity contribution in [2.24, 2.45) is 0 Å². The van der Waals surface area contributed by atoms with Crippen LogP contribution < -0.4 is 4.90 Å². The highest BCUT2D eigenvalue weighted by atomic mass is 32.1. The van der Waals surface area contributed by atoms with Crippen LogP contribution in [0.4, 0.5) is 5.69 Å².